The minimum atomic E-state index is 0.275. The summed E-state index contributed by atoms with van der Waals surface area (Å²) in [5.74, 6) is 2.14. The molecule has 0 aromatic carbocycles. The summed E-state index contributed by atoms with van der Waals surface area (Å²) in [4.78, 5) is 6.61. The maximum atomic E-state index is 5.99. The van der Waals surface area contributed by atoms with Crippen molar-refractivity contribution in [2.75, 3.05) is 13.1 Å². The lowest BCUT2D eigenvalue weighted by Crippen LogP contribution is -2.45. The Labute approximate surface area is 96.0 Å². The van der Waals surface area contributed by atoms with Crippen LogP contribution in [0.5, 0.6) is 0 Å². The van der Waals surface area contributed by atoms with Gasteiger partial charge in [-0.15, -0.1) is 0 Å². The van der Waals surface area contributed by atoms with Crippen LogP contribution in [0.15, 0.2) is 4.52 Å². The lowest BCUT2D eigenvalue weighted by atomic mass is 9.97. The lowest BCUT2D eigenvalue weighted by Gasteiger charge is -2.33. The zero-order valence-corrected chi connectivity index (χ0v) is 10.0. The van der Waals surface area contributed by atoms with Gasteiger partial charge < -0.3 is 10.3 Å². The molecular weight excluding hydrogens is 204 g/mol. The standard InChI is InChI=1S/C11H20N4O/c1-3-10-13-11(16-14-10)7-15-5-8(2)4-9(12)6-15/h8-9H,3-7,12H2,1-2H3. The average Bonchev–Trinajstić information content (AvgIpc) is 2.64. The number of aryl methyl sites for hydroxylation is 1. The maximum Gasteiger partial charge on any atom is 0.240 e. The molecule has 2 atom stereocenters. The summed E-state index contributed by atoms with van der Waals surface area (Å²) in [6.45, 7) is 6.97. The fourth-order valence-corrected chi connectivity index (χ4v) is 2.33. The Morgan fingerprint density at radius 3 is 2.94 bits per heavy atom. The molecule has 0 aliphatic carbocycles. The first-order valence-corrected chi connectivity index (χ1v) is 5.96. The number of nitrogens with two attached hydrogens (primary N) is 1. The van der Waals surface area contributed by atoms with Gasteiger partial charge in [-0.25, -0.2) is 0 Å². The van der Waals surface area contributed by atoms with Crippen molar-refractivity contribution in [1.29, 1.82) is 0 Å². The molecule has 0 saturated carbocycles. The monoisotopic (exact) mass is 224 g/mol. The van der Waals surface area contributed by atoms with E-state index in [2.05, 4.69) is 22.0 Å². The minimum Gasteiger partial charge on any atom is -0.338 e. The summed E-state index contributed by atoms with van der Waals surface area (Å²) >= 11 is 0. The van der Waals surface area contributed by atoms with Gasteiger partial charge in [0, 0.05) is 25.6 Å². The van der Waals surface area contributed by atoms with Crippen molar-refractivity contribution in [3.05, 3.63) is 11.7 Å². The zero-order valence-electron chi connectivity index (χ0n) is 10.0. The van der Waals surface area contributed by atoms with Crippen LogP contribution in [0, 0.1) is 5.92 Å². The zero-order chi connectivity index (χ0) is 11.5. The van der Waals surface area contributed by atoms with Crippen LogP contribution in [-0.4, -0.2) is 34.2 Å². The van der Waals surface area contributed by atoms with Gasteiger partial charge in [0.05, 0.1) is 6.54 Å². The van der Waals surface area contributed by atoms with E-state index in [-0.39, 0.29) is 6.04 Å². The van der Waals surface area contributed by atoms with Crippen LogP contribution >= 0.6 is 0 Å². The molecule has 1 saturated heterocycles. The first-order valence-electron chi connectivity index (χ1n) is 5.96. The van der Waals surface area contributed by atoms with Gasteiger partial charge in [0.25, 0.3) is 0 Å². The van der Waals surface area contributed by atoms with E-state index in [1.165, 1.54) is 0 Å². The first-order chi connectivity index (χ1) is 7.67. The molecule has 0 spiro atoms. The third-order valence-electron chi connectivity index (χ3n) is 2.95. The van der Waals surface area contributed by atoms with Gasteiger partial charge in [-0.1, -0.05) is 19.0 Å². The highest BCUT2D eigenvalue weighted by atomic mass is 16.5. The number of rotatable bonds is 3. The van der Waals surface area contributed by atoms with E-state index in [4.69, 9.17) is 10.3 Å². The SMILES string of the molecule is CCc1noc(CN2CC(C)CC(N)C2)n1. The van der Waals surface area contributed by atoms with Gasteiger partial charge in [-0.3, -0.25) is 4.90 Å². The van der Waals surface area contributed by atoms with Crippen molar-refractivity contribution >= 4 is 0 Å². The van der Waals surface area contributed by atoms with E-state index >= 15 is 0 Å². The number of likely N-dealkylation sites (tertiary alicyclic amines) is 1. The molecule has 1 aliphatic rings. The number of piperidine rings is 1. The van der Waals surface area contributed by atoms with Crippen molar-refractivity contribution in [2.45, 2.75) is 39.3 Å². The van der Waals surface area contributed by atoms with Gasteiger partial charge in [-0.05, 0) is 12.3 Å². The van der Waals surface area contributed by atoms with Crippen molar-refractivity contribution in [3.8, 4) is 0 Å². The third-order valence-corrected chi connectivity index (χ3v) is 2.95. The van der Waals surface area contributed by atoms with Gasteiger partial charge in [0.2, 0.25) is 5.89 Å². The molecule has 2 rings (SSSR count). The molecule has 0 radical (unpaired) electrons. The molecule has 0 bridgehead atoms. The Morgan fingerprint density at radius 1 is 1.50 bits per heavy atom. The number of aromatic nitrogens is 2. The molecule has 2 heterocycles. The Balaban J connectivity index is 1.93. The molecule has 0 amide bonds. The normalized spacial score (nSPS) is 27.2. The summed E-state index contributed by atoms with van der Waals surface area (Å²) in [5.41, 5.74) is 5.99. The molecule has 2 unspecified atom stereocenters. The van der Waals surface area contributed by atoms with Crippen molar-refractivity contribution < 1.29 is 4.52 Å². The van der Waals surface area contributed by atoms with Crippen molar-refractivity contribution in [3.63, 3.8) is 0 Å². The van der Waals surface area contributed by atoms with E-state index in [0.29, 0.717) is 11.8 Å². The predicted octanol–water partition coefficient (Wildman–Crippen LogP) is 0.801. The van der Waals surface area contributed by atoms with Gasteiger partial charge >= 0.3 is 0 Å². The topological polar surface area (TPSA) is 68.2 Å². The Hall–Kier alpha value is -0.940. The molecule has 1 aromatic heterocycles. The van der Waals surface area contributed by atoms with E-state index < -0.39 is 0 Å². The fourth-order valence-electron chi connectivity index (χ4n) is 2.33. The van der Waals surface area contributed by atoms with Crippen molar-refractivity contribution in [1.82, 2.24) is 15.0 Å². The van der Waals surface area contributed by atoms with Gasteiger partial charge in [0.1, 0.15) is 0 Å². The van der Waals surface area contributed by atoms with E-state index in [9.17, 15) is 0 Å². The maximum absolute atomic E-state index is 5.99. The summed E-state index contributed by atoms with van der Waals surface area (Å²) in [7, 11) is 0. The highest BCUT2D eigenvalue weighted by Crippen LogP contribution is 2.16. The second-order valence-electron chi connectivity index (χ2n) is 4.75. The molecule has 5 nitrogen and oxygen atoms in total. The minimum absolute atomic E-state index is 0.275. The van der Waals surface area contributed by atoms with Gasteiger partial charge in [0.15, 0.2) is 5.82 Å². The van der Waals surface area contributed by atoms with Crippen LogP contribution in [0.2, 0.25) is 0 Å². The third kappa shape index (κ3) is 2.80. The van der Waals surface area contributed by atoms with Crippen LogP contribution in [-0.2, 0) is 13.0 Å². The Morgan fingerprint density at radius 2 is 2.31 bits per heavy atom. The van der Waals surface area contributed by atoms with Gasteiger partial charge in [-0.2, -0.15) is 4.98 Å². The van der Waals surface area contributed by atoms with Crippen LogP contribution in [0.4, 0.5) is 0 Å². The molecule has 2 N–H and O–H groups in total. The van der Waals surface area contributed by atoms with E-state index in [0.717, 1.165) is 38.3 Å². The summed E-state index contributed by atoms with van der Waals surface area (Å²) in [5, 5.41) is 3.89. The predicted molar refractivity (Wildman–Crippen MR) is 60.7 cm³/mol. The Bertz CT molecular complexity index is 328. The molecule has 1 aromatic rings. The second-order valence-corrected chi connectivity index (χ2v) is 4.75. The smallest absolute Gasteiger partial charge is 0.240 e. The number of hydrogen-bond donors (Lipinski definition) is 1. The molecule has 1 aliphatic heterocycles. The number of nitrogens with zero attached hydrogens (tertiary/aromatic N) is 3. The highest BCUT2D eigenvalue weighted by Gasteiger charge is 2.23. The fraction of sp³-hybridized carbons (Fsp3) is 0.818. The molecule has 5 heteroatoms. The summed E-state index contributed by atoms with van der Waals surface area (Å²) in [6, 6.07) is 0.275. The largest absolute Gasteiger partial charge is 0.338 e. The molecule has 1 fully saturated rings. The van der Waals surface area contributed by atoms with Crippen LogP contribution in [0.25, 0.3) is 0 Å². The first kappa shape index (κ1) is 11.5. The summed E-state index contributed by atoms with van der Waals surface area (Å²) in [6.07, 6.45) is 1.93. The quantitative estimate of drug-likeness (QED) is 0.822. The molecule has 16 heavy (non-hydrogen) atoms. The van der Waals surface area contributed by atoms with E-state index in [1.54, 1.807) is 0 Å². The van der Waals surface area contributed by atoms with Crippen molar-refractivity contribution in [2.24, 2.45) is 11.7 Å². The number of hydrogen-bond acceptors (Lipinski definition) is 5. The highest BCUT2D eigenvalue weighted by molar-refractivity contribution is 4.88. The average molecular weight is 224 g/mol. The van der Waals surface area contributed by atoms with E-state index in [1.807, 2.05) is 6.92 Å². The van der Waals surface area contributed by atoms with Crippen LogP contribution < -0.4 is 5.73 Å². The van der Waals surface area contributed by atoms with Crippen LogP contribution in [0.3, 0.4) is 0 Å². The Kier molecular flexibility index (Phi) is 3.56. The summed E-state index contributed by atoms with van der Waals surface area (Å²) < 4.78 is 5.19. The molecular formula is C11H20N4O. The second kappa shape index (κ2) is 4.93. The lowest BCUT2D eigenvalue weighted by molar-refractivity contribution is 0.142. The molecule has 90 valence electrons. The van der Waals surface area contributed by atoms with Crippen LogP contribution in [0.1, 0.15) is 32.0 Å².